The maximum absolute atomic E-state index is 11.5. The van der Waals surface area contributed by atoms with Gasteiger partial charge in [0.15, 0.2) is 0 Å². The lowest BCUT2D eigenvalue weighted by Gasteiger charge is -2.20. The molecule has 0 fully saturated rings. The first-order valence-electron chi connectivity index (χ1n) is 5.07. The van der Waals surface area contributed by atoms with Crippen LogP contribution in [0.2, 0.25) is 0 Å². The Bertz CT molecular complexity index is 370. The Morgan fingerprint density at radius 3 is 2.62 bits per heavy atom. The highest BCUT2D eigenvalue weighted by atomic mass is 16.3. The summed E-state index contributed by atoms with van der Waals surface area (Å²) >= 11 is 0. The molecule has 1 aromatic rings. The molecule has 0 radical (unpaired) electrons. The van der Waals surface area contributed by atoms with Crippen molar-refractivity contribution < 1.29 is 9.90 Å². The van der Waals surface area contributed by atoms with Gasteiger partial charge in [0, 0.05) is 13.1 Å². The summed E-state index contributed by atoms with van der Waals surface area (Å²) in [5, 5.41) is 17.3. The molecule has 1 N–H and O–H groups in total. The van der Waals surface area contributed by atoms with E-state index in [0.29, 0.717) is 6.54 Å². The van der Waals surface area contributed by atoms with Gasteiger partial charge in [-0.1, -0.05) is 30.3 Å². The molecule has 0 aliphatic rings. The van der Waals surface area contributed by atoms with Gasteiger partial charge in [-0.3, -0.25) is 4.79 Å². The van der Waals surface area contributed by atoms with Crippen molar-refractivity contribution in [3.8, 4) is 6.07 Å². The van der Waals surface area contributed by atoms with E-state index in [1.807, 2.05) is 36.4 Å². The molecule has 16 heavy (non-hydrogen) atoms. The number of carbonyl (C=O) groups excluding carboxylic acids is 1. The Morgan fingerprint density at radius 2 is 2.06 bits per heavy atom. The van der Waals surface area contributed by atoms with Crippen molar-refractivity contribution in [1.29, 1.82) is 5.26 Å². The molecular weight excluding hydrogens is 204 g/mol. The van der Waals surface area contributed by atoms with Gasteiger partial charge in [0.25, 0.3) is 0 Å². The topological polar surface area (TPSA) is 64.3 Å². The molecule has 0 atom stereocenters. The van der Waals surface area contributed by atoms with Gasteiger partial charge in [0.1, 0.15) is 6.42 Å². The van der Waals surface area contributed by atoms with Crippen LogP contribution in [0.1, 0.15) is 12.0 Å². The first-order valence-corrected chi connectivity index (χ1v) is 5.07. The summed E-state index contributed by atoms with van der Waals surface area (Å²) in [5.41, 5.74) is 0.988. The summed E-state index contributed by atoms with van der Waals surface area (Å²) in [7, 11) is 0. The quantitative estimate of drug-likeness (QED) is 0.799. The second-order valence-electron chi connectivity index (χ2n) is 3.36. The van der Waals surface area contributed by atoms with Crippen molar-refractivity contribution in [2.45, 2.75) is 13.0 Å². The number of nitriles is 1. The predicted octanol–water partition coefficient (Wildman–Crippen LogP) is 0.921. The fourth-order valence-electron chi connectivity index (χ4n) is 1.40. The van der Waals surface area contributed by atoms with Crippen molar-refractivity contribution in [2.24, 2.45) is 0 Å². The standard InChI is InChI=1S/C12H14N2O2/c13-7-6-12(16)14(8-9-15)10-11-4-2-1-3-5-11/h1-5,15H,6,8-10H2. The molecule has 0 bridgehead atoms. The Morgan fingerprint density at radius 1 is 1.38 bits per heavy atom. The summed E-state index contributed by atoms with van der Waals surface area (Å²) in [6, 6.07) is 11.3. The van der Waals surface area contributed by atoms with E-state index in [-0.39, 0.29) is 25.5 Å². The zero-order chi connectivity index (χ0) is 11.8. The monoisotopic (exact) mass is 218 g/mol. The average Bonchev–Trinajstić information content (AvgIpc) is 2.30. The van der Waals surface area contributed by atoms with E-state index in [1.165, 1.54) is 4.90 Å². The molecule has 1 amide bonds. The third-order valence-electron chi connectivity index (χ3n) is 2.17. The van der Waals surface area contributed by atoms with E-state index in [9.17, 15) is 4.79 Å². The average molecular weight is 218 g/mol. The molecule has 0 aliphatic heterocycles. The molecule has 0 saturated heterocycles. The fraction of sp³-hybridized carbons (Fsp3) is 0.333. The van der Waals surface area contributed by atoms with Gasteiger partial charge < -0.3 is 10.0 Å². The Kier molecular flexibility index (Phi) is 5.03. The summed E-state index contributed by atoms with van der Waals surface area (Å²) in [6.07, 6.45) is -0.146. The number of hydrogen-bond acceptors (Lipinski definition) is 3. The highest BCUT2D eigenvalue weighted by Gasteiger charge is 2.12. The number of nitrogens with zero attached hydrogens (tertiary/aromatic N) is 2. The van der Waals surface area contributed by atoms with Crippen molar-refractivity contribution in [3.63, 3.8) is 0 Å². The van der Waals surface area contributed by atoms with Crippen LogP contribution in [0.25, 0.3) is 0 Å². The van der Waals surface area contributed by atoms with Crippen molar-refractivity contribution in [1.82, 2.24) is 4.90 Å². The zero-order valence-corrected chi connectivity index (χ0v) is 8.97. The minimum absolute atomic E-state index is 0.0933. The minimum Gasteiger partial charge on any atom is -0.395 e. The Balaban J connectivity index is 2.65. The van der Waals surface area contributed by atoms with Gasteiger partial charge in [0.05, 0.1) is 12.7 Å². The number of aliphatic hydroxyl groups excluding tert-OH is 1. The van der Waals surface area contributed by atoms with Crippen molar-refractivity contribution in [3.05, 3.63) is 35.9 Å². The minimum atomic E-state index is -0.250. The summed E-state index contributed by atoms with van der Waals surface area (Å²) in [6.45, 7) is 0.599. The Hall–Kier alpha value is -1.86. The summed E-state index contributed by atoms with van der Waals surface area (Å²) < 4.78 is 0. The third-order valence-corrected chi connectivity index (χ3v) is 2.17. The van der Waals surface area contributed by atoms with Crippen LogP contribution in [0.15, 0.2) is 30.3 Å². The molecule has 0 aromatic heterocycles. The van der Waals surface area contributed by atoms with Crippen molar-refractivity contribution in [2.75, 3.05) is 13.2 Å². The first-order chi connectivity index (χ1) is 7.77. The predicted molar refractivity (Wildman–Crippen MR) is 59.2 cm³/mol. The van der Waals surface area contributed by atoms with Crippen LogP contribution in [0.3, 0.4) is 0 Å². The van der Waals surface area contributed by atoms with Gasteiger partial charge in [-0.05, 0) is 5.56 Å². The van der Waals surface area contributed by atoms with Crippen LogP contribution in [0.5, 0.6) is 0 Å². The van der Waals surface area contributed by atoms with Gasteiger partial charge in [0.2, 0.25) is 5.91 Å². The number of benzene rings is 1. The van der Waals surface area contributed by atoms with E-state index >= 15 is 0 Å². The molecule has 0 aliphatic carbocycles. The SMILES string of the molecule is N#CCC(=O)N(CCO)Cc1ccccc1. The van der Waals surface area contributed by atoms with E-state index in [0.717, 1.165) is 5.56 Å². The van der Waals surface area contributed by atoms with Crippen LogP contribution in [0, 0.1) is 11.3 Å². The molecule has 0 unspecified atom stereocenters. The fourth-order valence-corrected chi connectivity index (χ4v) is 1.40. The lowest BCUT2D eigenvalue weighted by molar-refractivity contribution is -0.131. The molecule has 4 nitrogen and oxygen atoms in total. The number of carbonyl (C=O) groups is 1. The van der Waals surface area contributed by atoms with E-state index in [4.69, 9.17) is 10.4 Å². The molecule has 0 spiro atoms. The van der Waals surface area contributed by atoms with E-state index < -0.39 is 0 Å². The lowest BCUT2D eigenvalue weighted by atomic mass is 10.2. The second-order valence-corrected chi connectivity index (χ2v) is 3.36. The highest BCUT2D eigenvalue weighted by molar-refractivity contribution is 5.78. The number of aliphatic hydroxyl groups is 1. The molecule has 4 heteroatoms. The number of rotatable bonds is 5. The van der Waals surface area contributed by atoms with Gasteiger partial charge in [-0.2, -0.15) is 5.26 Å². The van der Waals surface area contributed by atoms with Crippen LogP contribution < -0.4 is 0 Å². The van der Waals surface area contributed by atoms with Crippen LogP contribution in [-0.2, 0) is 11.3 Å². The molecule has 1 rings (SSSR count). The van der Waals surface area contributed by atoms with E-state index in [1.54, 1.807) is 0 Å². The van der Waals surface area contributed by atoms with Crippen LogP contribution >= 0.6 is 0 Å². The van der Waals surface area contributed by atoms with Crippen molar-refractivity contribution >= 4 is 5.91 Å². The number of hydrogen-bond donors (Lipinski definition) is 1. The molecule has 0 saturated carbocycles. The normalized spacial score (nSPS) is 9.50. The summed E-state index contributed by atoms with van der Waals surface area (Å²) in [4.78, 5) is 13.0. The van der Waals surface area contributed by atoms with Gasteiger partial charge in [-0.15, -0.1) is 0 Å². The smallest absolute Gasteiger partial charge is 0.237 e. The third kappa shape index (κ3) is 3.71. The van der Waals surface area contributed by atoms with Crippen LogP contribution in [-0.4, -0.2) is 29.1 Å². The lowest BCUT2D eigenvalue weighted by Crippen LogP contribution is -2.32. The van der Waals surface area contributed by atoms with E-state index in [2.05, 4.69) is 0 Å². The zero-order valence-electron chi connectivity index (χ0n) is 8.97. The number of amides is 1. The van der Waals surface area contributed by atoms with Crippen LogP contribution in [0.4, 0.5) is 0 Å². The van der Waals surface area contributed by atoms with Gasteiger partial charge in [-0.25, -0.2) is 0 Å². The van der Waals surface area contributed by atoms with Gasteiger partial charge >= 0.3 is 0 Å². The largest absolute Gasteiger partial charge is 0.395 e. The molecule has 1 aromatic carbocycles. The molecule has 84 valence electrons. The Labute approximate surface area is 94.7 Å². The highest BCUT2D eigenvalue weighted by Crippen LogP contribution is 2.05. The second kappa shape index (κ2) is 6.59. The first kappa shape index (κ1) is 12.2. The molecular formula is C12H14N2O2. The summed E-state index contributed by atoms with van der Waals surface area (Å²) in [5.74, 6) is -0.250. The molecule has 0 heterocycles. The maximum atomic E-state index is 11.5. The maximum Gasteiger partial charge on any atom is 0.237 e.